The Hall–Kier alpha value is 0.791. The van der Waals surface area contributed by atoms with E-state index >= 15 is 0 Å². The van der Waals surface area contributed by atoms with Gasteiger partial charge in [0.2, 0.25) is 0 Å². The third-order valence-electron chi connectivity index (χ3n) is 6.72. The molecule has 31 heavy (non-hydrogen) atoms. The third-order valence-corrected chi connectivity index (χ3v) is 6.72. The van der Waals surface area contributed by atoms with Crippen LogP contribution in [0.3, 0.4) is 0 Å². The Morgan fingerprint density at radius 1 is 0.387 bits per heavy atom. The van der Waals surface area contributed by atoms with E-state index in [2.05, 4.69) is 38.1 Å². The van der Waals surface area contributed by atoms with Gasteiger partial charge in [0.05, 0.1) is 0 Å². The molecule has 0 fully saturated rings. The van der Waals surface area contributed by atoms with Crippen LogP contribution in [0.15, 0.2) is 24.3 Å². The van der Waals surface area contributed by atoms with Crippen molar-refractivity contribution >= 4 is 48.9 Å². The van der Waals surface area contributed by atoms with Gasteiger partial charge in [-0.1, -0.05) is 154 Å². The molecule has 0 nitrogen and oxygen atoms in total. The van der Waals surface area contributed by atoms with Crippen LogP contribution in [0.1, 0.15) is 153 Å². The SMILES string of the molecule is CCCCCCCCCCCCc1ccccc1CCCCCCCCCCCC.[BaH2]. The molecule has 0 bridgehead atoms. The van der Waals surface area contributed by atoms with Crippen molar-refractivity contribution in [2.75, 3.05) is 0 Å². The van der Waals surface area contributed by atoms with Crippen LogP contribution < -0.4 is 0 Å². The van der Waals surface area contributed by atoms with Gasteiger partial charge < -0.3 is 0 Å². The van der Waals surface area contributed by atoms with Crippen LogP contribution in [-0.2, 0) is 12.8 Å². The van der Waals surface area contributed by atoms with Crippen molar-refractivity contribution in [3.8, 4) is 0 Å². The zero-order valence-electron chi connectivity index (χ0n) is 20.9. The summed E-state index contributed by atoms with van der Waals surface area (Å²) in [5.74, 6) is 0. The van der Waals surface area contributed by atoms with Crippen molar-refractivity contribution in [1.29, 1.82) is 0 Å². The van der Waals surface area contributed by atoms with Crippen LogP contribution >= 0.6 is 0 Å². The van der Waals surface area contributed by atoms with E-state index in [9.17, 15) is 0 Å². The standard InChI is InChI=1S/C30H54.Ba.2H/c1-3-5-7-9-11-13-15-17-19-21-25-29-27-23-24-28-30(29)26-22-20-18-16-14-12-10-8-6-4-2;;;/h23-24,27-28H,3-22,25-26H2,1-2H3;;;. The molecule has 0 aliphatic carbocycles. The molecular weight excluding hydrogens is 498 g/mol. The van der Waals surface area contributed by atoms with Crippen LogP contribution in [0.25, 0.3) is 0 Å². The van der Waals surface area contributed by atoms with Crippen molar-refractivity contribution in [2.24, 2.45) is 0 Å². The number of rotatable bonds is 22. The normalized spacial score (nSPS) is 10.9. The van der Waals surface area contributed by atoms with Crippen molar-refractivity contribution < 1.29 is 0 Å². The van der Waals surface area contributed by atoms with Crippen molar-refractivity contribution in [2.45, 2.75) is 155 Å². The molecule has 178 valence electrons. The fraction of sp³-hybridized carbons (Fsp3) is 0.800. The monoisotopic (exact) mass is 554 g/mol. The molecule has 0 saturated carbocycles. The average molecular weight is 554 g/mol. The van der Waals surface area contributed by atoms with Crippen LogP contribution in [0, 0.1) is 0 Å². The molecule has 0 aromatic heterocycles. The molecule has 0 amide bonds. The van der Waals surface area contributed by atoms with Gasteiger partial charge in [-0.2, -0.15) is 0 Å². The second-order valence-electron chi connectivity index (χ2n) is 9.63. The van der Waals surface area contributed by atoms with Gasteiger partial charge in [-0.3, -0.25) is 0 Å². The van der Waals surface area contributed by atoms with Gasteiger partial charge in [0.15, 0.2) is 0 Å². The maximum atomic E-state index is 2.39. The van der Waals surface area contributed by atoms with E-state index in [1.165, 1.54) is 141 Å². The molecule has 0 N–H and O–H groups in total. The summed E-state index contributed by atoms with van der Waals surface area (Å²) in [5.41, 5.74) is 3.26. The fourth-order valence-corrected chi connectivity index (χ4v) is 4.65. The minimum atomic E-state index is 0. The molecule has 0 atom stereocenters. The van der Waals surface area contributed by atoms with Gasteiger partial charge in [0.1, 0.15) is 0 Å². The molecular formula is C30H56Ba. The molecule has 0 aliphatic heterocycles. The molecule has 0 aliphatic rings. The first-order chi connectivity index (χ1) is 14.9. The summed E-state index contributed by atoms with van der Waals surface area (Å²) in [7, 11) is 0. The number of hydrogen-bond donors (Lipinski definition) is 0. The zero-order chi connectivity index (χ0) is 21.5. The summed E-state index contributed by atoms with van der Waals surface area (Å²) in [6.45, 7) is 4.60. The van der Waals surface area contributed by atoms with Gasteiger partial charge in [-0.15, -0.1) is 0 Å². The molecule has 1 rings (SSSR count). The Morgan fingerprint density at radius 3 is 0.935 bits per heavy atom. The summed E-state index contributed by atoms with van der Waals surface area (Å²) in [5, 5.41) is 0. The molecule has 0 spiro atoms. The first-order valence-corrected chi connectivity index (χ1v) is 13.9. The summed E-state index contributed by atoms with van der Waals surface area (Å²) in [6.07, 6.45) is 31.2. The zero-order valence-corrected chi connectivity index (χ0v) is 20.9. The summed E-state index contributed by atoms with van der Waals surface area (Å²) in [4.78, 5) is 0. The Bertz CT molecular complexity index is 424. The minimum absolute atomic E-state index is 0. The summed E-state index contributed by atoms with van der Waals surface area (Å²) in [6, 6.07) is 9.26. The van der Waals surface area contributed by atoms with E-state index < -0.39 is 0 Å². The first kappa shape index (κ1) is 31.8. The molecule has 0 heterocycles. The van der Waals surface area contributed by atoms with Gasteiger partial charge in [0.25, 0.3) is 0 Å². The Balaban J connectivity index is 0.00000900. The van der Waals surface area contributed by atoms with Crippen LogP contribution in [0.4, 0.5) is 0 Å². The van der Waals surface area contributed by atoms with Gasteiger partial charge in [-0.25, -0.2) is 0 Å². The Morgan fingerprint density at radius 2 is 0.645 bits per heavy atom. The molecule has 1 aromatic carbocycles. The van der Waals surface area contributed by atoms with E-state index in [0.717, 1.165) is 0 Å². The summed E-state index contributed by atoms with van der Waals surface area (Å²) >= 11 is 0. The fourth-order valence-electron chi connectivity index (χ4n) is 4.65. The molecule has 0 saturated heterocycles. The van der Waals surface area contributed by atoms with E-state index in [4.69, 9.17) is 0 Å². The molecule has 0 radical (unpaired) electrons. The van der Waals surface area contributed by atoms with E-state index in [1.54, 1.807) is 11.1 Å². The number of benzene rings is 1. The molecule has 0 unspecified atom stereocenters. The van der Waals surface area contributed by atoms with Gasteiger partial charge >= 0.3 is 48.9 Å². The predicted octanol–water partition coefficient (Wildman–Crippen LogP) is 9.70. The Kier molecular flexibility index (Phi) is 26.1. The first-order valence-electron chi connectivity index (χ1n) is 13.9. The van der Waals surface area contributed by atoms with Crippen molar-refractivity contribution in [1.82, 2.24) is 0 Å². The molecule has 1 aromatic rings. The quantitative estimate of drug-likeness (QED) is 0.0990. The number of hydrogen-bond acceptors (Lipinski definition) is 0. The second-order valence-corrected chi connectivity index (χ2v) is 9.63. The topological polar surface area (TPSA) is 0 Å². The Labute approximate surface area is 237 Å². The van der Waals surface area contributed by atoms with Crippen molar-refractivity contribution in [3.63, 3.8) is 0 Å². The number of aryl methyl sites for hydroxylation is 2. The second kappa shape index (κ2) is 25.4. The van der Waals surface area contributed by atoms with Crippen LogP contribution in [-0.4, -0.2) is 48.9 Å². The third kappa shape index (κ3) is 19.9. The van der Waals surface area contributed by atoms with E-state index in [0.29, 0.717) is 0 Å². The number of unbranched alkanes of at least 4 members (excludes halogenated alkanes) is 18. The van der Waals surface area contributed by atoms with Gasteiger partial charge in [0, 0.05) is 0 Å². The van der Waals surface area contributed by atoms with Crippen LogP contribution in [0.2, 0.25) is 0 Å². The van der Waals surface area contributed by atoms with E-state index in [-0.39, 0.29) is 48.9 Å². The maximum absolute atomic E-state index is 2.39. The summed E-state index contributed by atoms with van der Waals surface area (Å²) < 4.78 is 0. The van der Waals surface area contributed by atoms with Crippen molar-refractivity contribution in [3.05, 3.63) is 35.4 Å². The van der Waals surface area contributed by atoms with Gasteiger partial charge in [-0.05, 0) is 36.8 Å². The predicted molar refractivity (Wildman–Crippen MR) is 146 cm³/mol. The van der Waals surface area contributed by atoms with Crippen LogP contribution in [0.5, 0.6) is 0 Å². The average Bonchev–Trinajstić information content (AvgIpc) is 2.77. The van der Waals surface area contributed by atoms with E-state index in [1.807, 2.05) is 0 Å². The molecule has 1 heteroatoms.